The van der Waals surface area contributed by atoms with Crippen LogP contribution in [0, 0.1) is 5.82 Å². The van der Waals surface area contributed by atoms with Gasteiger partial charge in [0.2, 0.25) is 0 Å². The Labute approximate surface area is 149 Å². The number of hydrogen-bond donors (Lipinski definition) is 1. The van der Waals surface area contributed by atoms with Crippen molar-refractivity contribution in [1.29, 1.82) is 0 Å². The van der Waals surface area contributed by atoms with E-state index in [2.05, 4.69) is 15.1 Å². The number of nitrogens with two attached hydrogens (primary N) is 1. The molecule has 0 bridgehead atoms. The highest BCUT2D eigenvalue weighted by Gasteiger charge is 2.18. The standard InChI is InChI=1S/C19H16FN5O/c1-12(18-16(10-14(20)11-22-18)25-8-4-7-23-25)26-17-9-13-5-2-3-6-15(13)24-19(17)21/h2-12H,1H3,(H2,21,24). The van der Waals surface area contributed by atoms with E-state index in [4.69, 9.17) is 10.5 Å². The minimum atomic E-state index is -0.486. The van der Waals surface area contributed by atoms with E-state index in [0.717, 1.165) is 17.1 Å². The first kappa shape index (κ1) is 16.0. The maximum absolute atomic E-state index is 13.7. The lowest BCUT2D eigenvalue weighted by Gasteiger charge is -2.18. The Kier molecular flexibility index (Phi) is 3.96. The maximum Gasteiger partial charge on any atom is 0.166 e. The molecule has 7 heteroatoms. The molecule has 0 amide bonds. The van der Waals surface area contributed by atoms with E-state index in [1.807, 2.05) is 37.3 Å². The van der Waals surface area contributed by atoms with E-state index in [0.29, 0.717) is 22.9 Å². The number of nitrogen functional groups attached to an aromatic ring is 1. The van der Waals surface area contributed by atoms with Crippen LogP contribution in [-0.2, 0) is 0 Å². The highest BCUT2D eigenvalue weighted by molar-refractivity contribution is 5.82. The van der Waals surface area contributed by atoms with Crippen molar-refractivity contribution in [2.75, 3.05) is 5.73 Å². The summed E-state index contributed by atoms with van der Waals surface area (Å²) in [6, 6.07) is 12.6. The van der Waals surface area contributed by atoms with Crippen molar-refractivity contribution in [2.24, 2.45) is 0 Å². The van der Waals surface area contributed by atoms with Crippen molar-refractivity contribution in [3.8, 4) is 11.4 Å². The van der Waals surface area contributed by atoms with E-state index in [9.17, 15) is 4.39 Å². The zero-order valence-corrected chi connectivity index (χ0v) is 14.0. The van der Waals surface area contributed by atoms with Gasteiger partial charge in [0.15, 0.2) is 11.6 Å². The van der Waals surface area contributed by atoms with Crippen molar-refractivity contribution in [3.05, 3.63) is 72.6 Å². The number of hydrogen-bond acceptors (Lipinski definition) is 5. The molecule has 26 heavy (non-hydrogen) atoms. The lowest BCUT2D eigenvalue weighted by molar-refractivity contribution is 0.222. The number of halogens is 1. The van der Waals surface area contributed by atoms with Crippen molar-refractivity contribution in [3.63, 3.8) is 0 Å². The SMILES string of the molecule is CC(Oc1cc2ccccc2nc1N)c1ncc(F)cc1-n1cccn1. The predicted octanol–water partition coefficient (Wildman–Crippen LogP) is 3.68. The lowest BCUT2D eigenvalue weighted by atomic mass is 10.2. The first-order valence-electron chi connectivity index (χ1n) is 8.09. The van der Waals surface area contributed by atoms with Gasteiger partial charge in [-0.25, -0.2) is 14.1 Å². The normalized spacial score (nSPS) is 12.2. The molecule has 0 fully saturated rings. The van der Waals surface area contributed by atoms with Gasteiger partial charge in [-0.15, -0.1) is 0 Å². The van der Waals surface area contributed by atoms with Crippen LogP contribution in [0.5, 0.6) is 5.75 Å². The third-order valence-corrected chi connectivity index (χ3v) is 4.02. The molecule has 0 spiro atoms. The largest absolute Gasteiger partial charge is 0.480 e. The summed E-state index contributed by atoms with van der Waals surface area (Å²) in [6.07, 6.45) is 4.01. The summed E-state index contributed by atoms with van der Waals surface area (Å²) in [5, 5.41) is 5.07. The number of fused-ring (bicyclic) bond motifs is 1. The molecule has 0 aliphatic rings. The Morgan fingerprint density at radius 2 is 2.04 bits per heavy atom. The molecule has 1 unspecified atom stereocenters. The second-order valence-electron chi connectivity index (χ2n) is 5.83. The minimum absolute atomic E-state index is 0.290. The van der Waals surface area contributed by atoms with E-state index in [1.54, 1.807) is 23.1 Å². The molecule has 0 radical (unpaired) electrons. The second-order valence-corrected chi connectivity index (χ2v) is 5.83. The molecule has 0 aliphatic heterocycles. The first-order valence-corrected chi connectivity index (χ1v) is 8.09. The van der Waals surface area contributed by atoms with Crippen LogP contribution in [0.15, 0.2) is 61.1 Å². The molecule has 0 saturated carbocycles. The van der Waals surface area contributed by atoms with Crippen molar-refractivity contribution < 1.29 is 9.13 Å². The zero-order chi connectivity index (χ0) is 18.1. The summed E-state index contributed by atoms with van der Waals surface area (Å²) in [4.78, 5) is 8.56. The quantitative estimate of drug-likeness (QED) is 0.608. The summed E-state index contributed by atoms with van der Waals surface area (Å²) >= 11 is 0. The smallest absolute Gasteiger partial charge is 0.166 e. The topological polar surface area (TPSA) is 78.9 Å². The predicted molar refractivity (Wildman–Crippen MR) is 96.5 cm³/mol. The third-order valence-electron chi connectivity index (χ3n) is 4.02. The fourth-order valence-electron chi connectivity index (χ4n) is 2.80. The van der Waals surface area contributed by atoms with Crippen LogP contribution in [0.2, 0.25) is 0 Å². The van der Waals surface area contributed by atoms with Crippen LogP contribution in [0.1, 0.15) is 18.7 Å². The summed E-state index contributed by atoms with van der Waals surface area (Å²) in [7, 11) is 0. The Morgan fingerprint density at radius 3 is 2.85 bits per heavy atom. The molecule has 130 valence electrons. The summed E-state index contributed by atoms with van der Waals surface area (Å²) in [6.45, 7) is 1.82. The van der Waals surface area contributed by atoms with Crippen molar-refractivity contribution in [1.82, 2.24) is 19.7 Å². The minimum Gasteiger partial charge on any atom is -0.480 e. The van der Waals surface area contributed by atoms with Gasteiger partial charge >= 0.3 is 0 Å². The lowest BCUT2D eigenvalue weighted by Crippen LogP contribution is -2.12. The van der Waals surface area contributed by atoms with E-state index >= 15 is 0 Å². The number of pyridine rings is 2. The van der Waals surface area contributed by atoms with Crippen LogP contribution in [0.25, 0.3) is 16.6 Å². The fraction of sp³-hybridized carbons (Fsp3) is 0.105. The number of anilines is 1. The number of ether oxygens (including phenoxy) is 1. The number of aromatic nitrogens is 4. The number of nitrogens with zero attached hydrogens (tertiary/aromatic N) is 4. The summed E-state index contributed by atoms with van der Waals surface area (Å²) in [5.41, 5.74) is 7.88. The van der Waals surface area contributed by atoms with Crippen molar-refractivity contribution in [2.45, 2.75) is 13.0 Å². The highest BCUT2D eigenvalue weighted by Crippen LogP contribution is 2.30. The highest BCUT2D eigenvalue weighted by atomic mass is 19.1. The molecule has 0 aliphatic carbocycles. The Bertz CT molecular complexity index is 1060. The van der Waals surface area contributed by atoms with Gasteiger partial charge in [0.1, 0.15) is 17.6 Å². The molecule has 1 atom stereocenters. The van der Waals surface area contributed by atoms with Crippen LogP contribution in [0.4, 0.5) is 10.2 Å². The van der Waals surface area contributed by atoms with Gasteiger partial charge in [0.25, 0.3) is 0 Å². The summed E-state index contributed by atoms with van der Waals surface area (Å²) in [5.74, 6) is 0.297. The van der Waals surface area contributed by atoms with Crippen molar-refractivity contribution >= 4 is 16.7 Å². The van der Waals surface area contributed by atoms with E-state index < -0.39 is 11.9 Å². The summed E-state index contributed by atoms with van der Waals surface area (Å²) < 4.78 is 21.2. The van der Waals surface area contributed by atoms with E-state index in [1.165, 1.54) is 6.07 Å². The van der Waals surface area contributed by atoms with Crippen LogP contribution in [-0.4, -0.2) is 19.7 Å². The zero-order valence-electron chi connectivity index (χ0n) is 14.0. The van der Waals surface area contributed by atoms with Crippen LogP contribution < -0.4 is 10.5 Å². The average Bonchev–Trinajstić information content (AvgIpc) is 3.16. The molecule has 4 rings (SSSR count). The number of rotatable bonds is 4. The molecule has 4 aromatic rings. The van der Waals surface area contributed by atoms with Crippen LogP contribution in [0.3, 0.4) is 0 Å². The monoisotopic (exact) mass is 349 g/mol. The Hall–Kier alpha value is -3.48. The Balaban J connectivity index is 1.71. The van der Waals surface area contributed by atoms with Gasteiger partial charge in [-0.2, -0.15) is 5.10 Å². The van der Waals surface area contributed by atoms with Gasteiger partial charge in [-0.1, -0.05) is 18.2 Å². The van der Waals surface area contributed by atoms with Gasteiger partial charge in [0, 0.05) is 23.8 Å². The molecule has 1 aromatic carbocycles. The fourth-order valence-corrected chi connectivity index (χ4v) is 2.80. The number of benzene rings is 1. The van der Waals surface area contributed by atoms with Gasteiger partial charge in [-0.3, -0.25) is 4.98 Å². The van der Waals surface area contributed by atoms with Gasteiger partial charge in [-0.05, 0) is 25.1 Å². The van der Waals surface area contributed by atoms with Gasteiger partial charge in [0.05, 0.1) is 17.4 Å². The number of para-hydroxylation sites is 1. The van der Waals surface area contributed by atoms with Crippen LogP contribution >= 0.6 is 0 Å². The third kappa shape index (κ3) is 2.95. The Morgan fingerprint density at radius 1 is 1.19 bits per heavy atom. The molecule has 3 heterocycles. The molecule has 2 N–H and O–H groups in total. The molecular weight excluding hydrogens is 333 g/mol. The van der Waals surface area contributed by atoms with Gasteiger partial charge < -0.3 is 10.5 Å². The molecule has 3 aromatic heterocycles. The molecule has 6 nitrogen and oxygen atoms in total. The second kappa shape index (κ2) is 6.44. The molecular formula is C19H16FN5O. The first-order chi connectivity index (χ1) is 12.6. The maximum atomic E-state index is 13.7. The average molecular weight is 349 g/mol. The molecule has 0 saturated heterocycles. The van der Waals surface area contributed by atoms with E-state index in [-0.39, 0.29) is 0 Å².